The fraction of sp³-hybridized carbons (Fsp3) is 0. The predicted octanol–water partition coefficient (Wildman–Crippen LogP) is -51.7. The van der Waals surface area contributed by atoms with Gasteiger partial charge in [0.2, 0.25) is 0 Å². The van der Waals surface area contributed by atoms with E-state index in [1.165, 1.54) is 12.1 Å². The van der Waals surface area contributed by atoms with Gasteiger partial charge in [-0.2, -0.15) is 10.5 Å². The predicted molar refractivity (Wildman–Crippen MR) is 34.2 cm³/mol. The molecule has 114 valence electrons. The van der Waals surface area contributed by atoms with Crippen molar-refractivity contribution in [1.82, 2.24) is 0 Å². The minimum absolute atomic E-state index is 0. The van der Waals surface area contributed by atoms with Crippen LogP contribution in [0.5, 0.6) is 0 Å². The Kier molecular flexibility index (Phi) is 397. The van der Waals surface area contributed by atoms with E-state index >= 15 is 0 Å². The zero-order chi connectivity index (χ0) is 17.7. The Hall–Kier alpha value is 10.8. The quantitative estimate of drug-likeness (QED) is 0.247. The van der Waals surface area contributed by atoms with Gasteiger partial charge in [0.05, 0.1) is 0 Å². The van der Waals surface area contributed by atoms with Crippen LogP contribution in [0.25, 0.3) is 0 Å². The van der Waals surface area contributed by atoms with Gasteiger partial charge in [0.25, 0.3) is 0 Å². The third kappa shape index (κ3) is 466. The normalized spacial score (nSPS) is 3.69. The van der Waals surface area contributed by atoms with Crippen LogP contribution in [-0.4, -0.2) is 29.3 Å². The van der Waals surface area contributed by atoms with Crippen molar-refractivity contribution >= 4 is 29.3 Å². The molecule has 0 atom stereocenters. The van der Waals surface area contributed by atoms with Crippen molar-refractivity contribution in [2.24, 2.45) is 0 Å². The van der Waals surface area contributed by atoms with E-state index in [0.717, 1.165) is 0 Å². The van der Waals surface area contributed by atoms with Crippen LogP contribution < -0.4 is 415 Å². The third-order valence-electron chi connectivity index (χ3n) is 0.0500. The summed E-state index contributed by atoms with van der Waals surface area (Å²) in [6.07, 6.45) is 0. The molecule has 0 unspecified atom stereocenters. The Labute approximate surface area is 454 Å². The molecule has 0 amide bonds. The maximum absolute atomic E-state index is 8.42. The summed E-state index contributed by atoms with van der Waals surface area (Å²) in [6.45, 7) is 0. The van der Waals surface area contributed by atoms with Crippen molar-refractivity contribution in [3.8, 4) is 12.1 Å². The molecule has 0 bridgehead atoms. The van der Waals surface area contributed by atoms with Gasteiger partial charge >= 0.3 is 355 Å². The number of hydrogen-bond acceptors (Lipinski definition) is 14. The van der Waals surface area contributed by atoms with Crippen molar-refractivity contribution in [2.75, 3.05) is 0 Å². The zero-order valence-corrected chi connectivity index (χ0v) is 45.1. The van der Waals surface area contributed by atoms with Gasteiger partial charge in [-0.25, -0.2) is 0 Å². The van der Waals surface area contributed by atoms with Crippen LogP contribution in [0, 0.1) is 22.7 Å². The van der Waals surface area contributed by atoms with E-state index in [1.54, 1.807) is 0 Å². The van der Waals surface area contributed by atoms with E-state index < -0.39 is 29.3 Å². The van der Waals surface area contributed by atoms with Crippen molar-refractivity contribution < 1.29 is 415 Å². The minimum atomic E-state index is -2.92. The SMILES string of the molecule is N#CC#N.[Na+].[Na+].[Na+].[Na+].[Na+].[Na+].[Na+].[Na+].[Na+].[Na+].[Na+].[Na+].[O-]B([O-])[O-].[O-]B([O-])[O-].[O-]B([O-])[O-].[O-]B([O-])[O-]. The van der Waals surface area contributed by atoms with Crippen LogP contribution in [0.4, 0.5) is 0 Å². The number of hydrogen-bond donors (Lipinski definition) is 0. The first-order valence-electron chi connectivity index (χ1n) is 3.53. The summed E-state index contributed by atoms with van der Waals surface area (Å²) < 4.78 is 0. The van der Waals surface area contributed by atoms with Crippen LogP contribution >= 0.6 is 0 Å². The smallest absolute Gasteiger partial charge is 0.907 e. The first-order valence-corrected chi connectivity index (χ1v) is 3.53. The van der Waals surface area contributed by atoms with Crippen molar-refractivity contribution in [3.05, 3.63) is 0 Å². The second-order valence-corrected chi connectivity index (χ2v) is 1.38. The van der Waals surface area contributed by atoms with Gasteiger partial charge in [-0.15, -0.1) is 0 Å². The summed E-state index contributed by atoms with van der Waals surface area (Å²) in [5.74, 6) is 0. The molecule has 0 fully saturated rings. The minimum Gasteiger partial charge on any atom is -0.907 e. The Morgan fingerprint density at radius 1 is 0.281 bits per heavy atom. The van der Waals surface area contributed by atoms with Gasteiger partial charge in [-0.1, -0.05) is 0 Å². The Balaban J connectivity index is -0.00000000536. The van der Waals surface area contributed by atoms with Gasteiger partial charge < -0.3 is 60.3 Å². The third-order valence-corrected chi connectivity index (χ3v) is 0.0500. The summed E-state index contributed by atoms with van der Waals surface area (Å²) in [5, 5.41) is 116. The molecule has 0 N–H and O–H groups in total. The summed E-state index contributed by atoms with van der Waals surface area (Å²) in [6, 6.07) is 2.47. The first-order chi connectivity index (χ1) is 8.84. The van der Waals surface area contributed by atoms with Crippen LogP contribution in [0.1, 0.15) is 0 Å². The molecule has 0 saturated heterocycles. The molecule has 0 aliphatic carbocycles. The van der Waals surface area contributed by atoms with E-state index in [4.69, 9.17) is 70.8 Å². The zero-order valence-electron chi connectivity index (χ0n) is 21.1. The summed E-state index contributed by atoms with van der Waals surface area (Å²) in [7, 11) is -11.7. The van der Waals surface area contributed by atoms with E-state index in [2.05, 4.69) is 0 Å². The van der Waals surface area contributed by atoms with Crippen molar-refractivity contribution in [1.29, 1.82) is 10.5 Å². The van der Waals surface area contributed by atoms with E-state index in [0.29, 0.717) is 0 Å². The molecule has 0 aliphatic heterocycles. The summed E-state index contributed by atoms with van der Waals surface area (Å²) >= 11 is 0. The molecule has 0 rings (SSSR count). The Morgan fingerprint density at radius 3 is 0.312 bits per heavy atom. The Bertz CT molecular complexity index is 208. The Morgan fingerprint density at radius 2 is 0.312 bits per heavy atom. The molecular weight excluding hydrogens is 563 g/mol. The van der Waals surface area contributed by atoms with Crippen LogP contribution in [0.2, 0.25) is 0 Å². The number of nitrogens with zero attached hydrogens (tertiary/aromatic N) is 2. The molecule has 14 nitrogen and oxygen atoms in total. The molecule has 0 aromatic heterocycles. The van der Waals surface area contributed by atoms with Crippen molar-refractivity contribution in [3.63, 3.8) is 0 Å². The molecular formula is C2B4N2Na12O12. The van der Waals surface area contributed by atoms with Gasteiger partial charge in [0, 0.05) is 0 Å². The van der Waals surface area contributed by atoms with Crippen molar-refractivity contribution in [2.45, 2.75) is 0 Å². The van der Waals surface area contributed by atoms with E-state index in [1.807, 2.05) is 0 Å². The molecule has 30 heteroatoms. The first kappa shape index (κ1) is 112. The fourth-order valence-corrected chi connectivity index (χ4v) is 0. The summed E-state index contributed by atoms with van der Waals surface area (Å²) in [5.41, 5.74) is 0. The molecule has 0 radical (unpaired) electrons. The fourth-order valence-electron chi connectivity index (χ4n) is 0. The average Bonchev–Trinajstić information content (AvgIpc) is 2.13. The van der Waals surface area contributed by atoms with Gasteiger partial charge in [-0.05, 0) is 0 Å². The number of nitriles is 2. The second kappa shape index (κ2) is 113. The van der Waals surface area contributed by atoms with Crippen LogP contribution in [0.15, 0.2) is 0 Å². The van der Waals surface area contributed by atoms with Gasteiger partial charge in [0.15, 0.2) is 12.1 Å². The topological polar surface area (TPSA) is 324 Å². The molecule has 0 saturated carbocycles. The van der Waals surface area contributed by atoms with E-state index in [9.17, 15) is 0 Å². The van der Waals surface area contributed by atoms with Crippen LogP contribution in [-0.2, 0) is 0 Å². The molecule has 0 heterocycles. The standard InChI is InChI=1S/C2N2.4BO3.12Na/c3-1-2-4;4*2-1(3)4;;;;;;;;;;;;/q;4*-3;12*+1. The maximum atomic E-state index is 8.42. The maximum Gasteiger partial charge on any atom is 1.00 e. The molecule has 0 aromatic carbocycles. The molecule has 0 aliphatic rings. The van der Waals surface area contributed by atoms with Gasteiger partial charge in [-0.3, -0.25) is 29.3 Å². The van der Waals surface area contributed by atoms with E-state index in [-0.39, 0.29) is 355 Å². The molecule has 32 heavy (non-hydrogen) atoms. The average molecular weight is 563 g/mol. The molecule has 0 spiro atoms. The summed E-state index contributed by atoms with van der Waals surface area (Å²) in [4.78, 5) is 0. The number of rotatable bonds is 0. The van der Waals surface area contributed by atoms with Crippen LogP contribution in [0.3, 0.4) is 0 Å². The largest absolute Gasteiger partial charge is 1.00 e. The second-order valence-electron chi connectivity index (χ2n) is 1.38. The van der Waals surface area contributed by atoms with Gasteiger partial charge in [0.1, 0.15) is 0 Å². The monoisotopic (exact) mass is 564 g/mol. The molecule has 0 aromatic rings.